The van der Waals surface area contributed by atoms with E-state index in [9.17, 15) is 18.3 Å². The zero-order valence-corrected chi connectivity index (χ0v) is 15.0. The van der Waals surface area contributed by atoms with Gasteiger partial charge < -0.3 is 10.0 Å². The number of carbonyl (C=O) groups excluding carboxylic acids is 1. The third kappa shape index (κ3) is 3.65. The van der Waals surface area contributed by atoms with E-state index in [1.165, 1.54) is 19.0 Å². The third-order valence-corrected chi connectivity index (χ3v) is 6.49. The predicted octanol–water partition coefficient (Wildman–Crippen LogP) is 0.559. The van der Waals surface area contributed by atoms with Crippen molar-refractivity contribution in [2.24, 2.45) is 5.92 Å². The Bertz CT molecular complexity index is 898. The summed E-state index contributed by atoms with van der Waals surface area (Å²) < 4.78 is 25.2. The minimum Gasteiger partial charge on any atom is -0.391 e. The van der Waals surface area contributed by atoms with E-state index in [1.807, 2.05) is 24.3 Å². The number of β-amino-alcohol motifs (C(OH)–C–C–N with tert-alkyl or cyclic N) is 1. The van der Waals surface area contributed by atoms with E-state index in [2.05, 4.69) is 4.98 Å². The second-order valence-electron chi connectivity index (χ2n) is 6.52. The molecule has 0 radical (unpaired) electrons. The fourth-order valence-electron chi connectivity index (χ4n) is 2.97. The van der Waals surface area contributed by atoms with E-state index in [-0.39, 0.29) is 24.7 Å². The minimum absolute atomic E-state index is 0.112. The Labute approximate surface area is 146 Å². The van der Waals surface area contributed by atoms with Crippen molar-refractivity contribution < 1.29 is 18.3 Å². The first-order valence-corrected chi connectivity index (χ1v) is 9.61. The highest BCUT2D eigenvalue weighted by Crippen LogP contribution is 2.22. The molecule has 0 spiro atoms. The Hall–Kier alpha value is -2.03. The zero-order chi connectivity index (χ0) is 18.2. The topological polar surface area (TPSA) is 90.8 Å². The maximum Gasteiger partial charge on any atom is 0.272 e. The Morgan fingerprint density at radius 1 is 1.28 bits per heavy atom. The van der Waals surface area contributed by atoms with E-state index in [4.69, 9.17) is 0 Å². The lowest BCUT2D eigenvalue weighted by Crippen LogP contribution is -2.33. The van der Waals surface area contributed by atoms with Crippen molar-refractivity contribution >= 4 is 26.7 Å². The SMILES string of the molecule is CN(C)S(=O)(=O)C[C@@H]1CN(C(=O)c2cc3ccccc3cn2)C[C@H]1O. The molecule has 1 N–H and O–H groups in total. The van der Waals surface area contributed by atoms with Crippen molar-refractivity contribution in [3.05, 3.63) is 42.2 Å². The second-order valence-corrected chi connectivity index (χ2v) is 8.74. The molecule has 1 saturated heterocycles. The number of sulfonamides is 1. The van der Waals surface area contributed by atoms with Gasteiger partial charge in [-0.15, -0.1) is 0 Å². The number of aliphatic hydroxyl groups is 1. The number of nitrogens with zero attached hydrogens (tertiary/aromatic N) is 3. The lowest BCUT2D eigenvalue weighted by molar-refractivity contribution is 0.0759. The average molecular weight is 363 g/mol. The minimum atomic E-state index is -3.44. The Morgan fingerprint density at radius 2 is 1.96 bits per heavy atom. The summed E-state index contributed by atoms with van der Waals surface area (Å²) in [7, 11) is -0.524. The number of hydrogen-bond donors (Lipinski definition) is 1. The highest BCUT2D eigenvalue weighted by Gasteiger charge is 2.37. The fourth-order valence-corrected chi connectivity index (χ4v) is 4.13. The predicted molar refractivity (Wildman–Crippen MR) is 94.6 cm³/mol. The first-order valence-electron chi connectivity index (χ1n) is 8.00. The summed E-state index contributed by atoms with van der Waals surface area (Å²) in [6.07, 6.45) is 0.780. The van der Waals surface area contributed by atoms with Crippen LogP contribution in [-0.2, 0) is 10.0 Å². The monoisotopic (exact) mass is 363 g/mol. The van der Waals surface area contributed by atoms with Crippen molar-refractivity contribution in [3.63, 3.8) is 0 Å². The van der Waals surface area contributed by atoms with Crippen LogP contribution in [0, 0.1) is 5.92 Å². The maximum absolute atomic E-state index is 12.7. The van der Waals surface area contributed by atoms with Crippen LogP contribution in [0.3, 0.4) is 0 Å². The number of rotatable bonds is 4. The highest BCUT2D eigenvalue weighted by molar-refractivity contribution is 7.89. The van der Waals surface area contributed by atoms with Crippen molar-refractivity contribution in [1.82, 2.24) is 14.2 Å². The first-order chi connectivity index (χ1) is 11.8. The molecule has 25 heavy (non-hydrogen) atoms. The van der Waals surface area contributed by atoms with E-state index in [0.717, 1.165) is 15.1 Å². The van der Waals surface area contributed by atoms with Gasteiger partial charge in [0.15, 0.2) is 0 Å². The molecule has 1 fully saturated rings. The number of aliphatic hydroxyl groups excluding tert-OH is 1. The van der Waals surface area contributed by atoms with Crippen molar-refractivity contribution in [1.29, 1.82) is 0 Å². The van der Waals surface area contributed by atoms with Crippen LogP contribution in [0.25, 0.3) is 10.8 Å². The lowest BCUT2D eigenvalue weighted by atomic mass is 10.1. The number of benzene rings is 1. The number of likely N-dealkylation sites (tertiary alicyclic amines) is 1. The summed E-state index contributed by atoms with van der Waals surface area (Å²) in [4.78, 5) is 18.3. The molecule has 1 aromatic heterocycles. The number of carbonyl (C=O) groups is 1. The molecule has 0 aliphatic carbocycles. The van der Waals surface area contributed by atoms with Gasteiger partial charge in [-0.1, -0.05) is 24.3 Å². The summed E-state index contributed by atoms with van der Waals surface area (Å²) in [6.45, 7) is 0.308. The number of pyridine rings is 1. The molecule has 2 aromatic rings. The van der Waals surface area contributed by atoms with Gasteiger partial charge in [-0.25, -0.2) is 12.7 Å². The molecule has 2 atom stereocenters. The summed E-state index contributed by atoms with van der Waals surface area (Å²) in [5, 5.41) is 12.0. The van der Waals surface area contributed by atoms with Crippen LogP contribution in [0.5, 0.6) is 0 Å². The normalized spacial score (nSPS) is 21.2. The molecule has 0 saturated carbocycles. The van der Waals surface area contributed by atoms with Crippen LogP contribution in [0.15, 0.2) is 36.5 Å². The van der Waals surface area contributed by atoms with Crippen molar-refractivity contribution in [3.8, 4) is 0 Å². The highest BCUT2D eigenvalue weighted by atomic mass is 32.2. The summed E-state index contributed by atoms with van der Waals surface area (Å²) >= 11 is 0. The fraction of sp³-hybridized carbons (Fsp3) is 0.412. The summed E-state index contributed by atoms with van der Waals surface area (Å²) in [5.74, 6) is -0.984. The van der Waals surface area contributed by atoms with Crippen LogP contribution in [0.4, 0.5) is 0 Å². The van der Waals surface area contributed by atoms with E-state index in [1.54, 1.807) is 12.3 Å². The average Bonchev–Trinajstić information content (AvgIpc) is 2.93. The zero-order valence-electron chi connectivity index (χ0n) is 14.2. The Kier molecular flexibility index (Phi) is 4.77. The van der Waals surface area contributed by atoms with Gasteiger partial charge in [-0.3, -0.25) is 9.78 Å². The molecular weight excluding hydrogens is 342 g/mol. The van der Waals surface area contributed by atoms with Gasteiger partial charge in [-0.05, 0) is 11.5 Å². The van der Waals surface area contributed by atoms with Crippen LogP contribution in [0.2, 0.25) is 0 Å². The van der Waals surface area contributed by atoms with E-state index in [0.29, 0.717) is 5.69 Å². The summed E-state index contributed by atoms with van der Waals surface area (Å²) in [5.41, 5.74) is 0.294. The lowest BCUT2D eigenvalue weighted by Gasteiger charge is -2.18. The molecule has 134 valence electrons. The van der Waals surface area contributed by atoms with E-state index >= 15 is 0 Å². The van der Waals surface area contributed by atoms with Crippen molar-refractivity contribution in [2.45, 2.75) is 6.10 Å². The molecule has 2 heterocycles. The smallest absolute Gasteiger partial charge is 0.272 e. The number of hydrogen-bond acceptors (Lipinski definition) is 5. The molecule has 3 rings (SSSR count). The van der Waals surface area contributed by atoms with E-state index < -0.39 is 22.0 Å². The van der Waals surface area contributed by atoms with Gasteiger partial charge in [0.2, 0.25) is 10.0 Å². The maximum atomic E-state index is 12.7. The van der Waals surface area contributed by atoms with Crippen molar-refractivity contribution in [2.75, 3.05) is 32.9 Å². The second kappa shape index (κ2) is 6.70. The Morgan fingerprint density at radius 3 is 2.64 bits per heavy atom. The number of aromatic nitrogens is 1. The van der Waals surface area contributed by atoms with Crippen LogP contribution in [-0.4, -0.2) is 72.7 Å². The summed E-state index contributed by atoms with van der Waals surface area (Å²) in [6, 6.07) is 9.32. The number of fused-ring (bicyclic) bond motifs is 1. The molecule has 7 nitrogen and oxygen atoms in total. The molecule has 1 aromatic carbocycles. The van der Waals surface area contributed by atoms with Crippen LogP contribution >= 0.6 is 0 Å². The largest absolute Gasteiger partial charge is 0.391 e. The molecule has 0 bridgehead atoms. The van der Waals surface area contributed by atoms with Gasteiger partial charge in [-0.2, -0.15) is 0 Å². The number of amides is 1. The molecule has 8 heteroatoms. The quantitative estimate of drug-likeness (QED) is 0.857. The molecule has 1 aliphatic heterocycles. The molecule has 1 amide bonds. The van der Waals surface area contributed by atoms with Crippen LogP contribution in [0.1, 0.15) is 10.5 Å². The first kappa shape index (κ1) is 17.8. The van der Waals surface area contributed by atoms with Gasteiger partial charge >= 0.3 is 0 Å². The molecule has 1 aliphatic rings. The molecular formula is C17H21N3O4S. The molecule has 0 unspecified atom stereocenters. The van der Waals surface area contributed by atoms with Gasteiger partial charge in [0.1, 0.15) is 5.69 Å². The van der Waals surface area contributed by atoms with Gasteiger partial charge in [0.25, 0.3) is 5.91 Å². The van der Waals surface area contributed by atoms with Gasteiger partial charge in [0, 0.05) is 44.7 Å². The van der Waals surface area contributed by atoms with Gasteiger partial charge in [0.05, 0.1) is 11.9 Å². The standard InChI is InChI=1S/C17H21N3O4S/c1-19(2)25(23,24)11-14-9-20(10-16(14)21)17(22)15-7-12-5-3-4-6-13(12)8-18-15/h3-8,14,16,21H,9-11H2,1-2H3/t14-,16+/m0/s1. The van der Waals surface area contributed by atoms with Crippen LogP contribution < -0.4 is 0 Å². The Balaban J connectivity index is 1.76. The third-order valence-electron chi connectivity index (χ3n) is 4.52.